The van der Waals surface area contributed by atoms with E-state index in [-0.39, 0.29) is 16.6 Å². The molecule has 2 aromatic rings. The Labute approximate surface area is 204 Å². The number of rotatable bonds is 3. The lowest BCUT2D eigenvalue weighted by atomic mass is 9.58. The van der Waals surface area contributed by atoms with E-state index in [0.29, 0.717) is 11.8 Å². The Kier molecular flexibility index (Phi) is 4.56. The van der Waals surface area contributed by atoms with E-state index in [4.69, 9.17) is 4.74 Å². The van der Waals surface area contributed by atoms with Crippen molar-refractivity contribution < 1.29 is 4.74 Å². The average Bonchev–Trinajstić information content (AvgIpc) is 3.33. The maximum absolute atomic E-state index is 7.46. The highest BCUT2D eigenvalue weighted by molar-refractivity contribution is 5.82. The highest BCUT2D eigenvalue weighted by Gasteiger charge is 2.66. The van der Waals surface area contributed by atoms with E-state index in [9.17, 15) is 0 Å². The second-order valence-corrected chi connectivity index (χ2v) is 12.6. The monoisotopic (exact) mass is 454 g/mol. The van der Waals surface area contributed by atoms with Gasteiger partial charge >= 0.3 is 0 Å². The van der Waals surface area contributed by atoms with E-state index >= 15 is 0 Å². The van der Waals surface area contributed by atoms with Gasteiger partial charge in [-0.15, -0.1) is 0 Å². The first-order valence-electron chi connectivity index (χ1n) is 13.5. The SMILES string of the molecule is CN(C)CC1CCC2=CC3=CCC4(C)C(c5ccc6ccncc6c5)CC[C@H]4[C@@]34CC[C@]2(C1)O4. The van der Waals surface area contributed by atoms with Crippen LogP contribution >= 0.6 is 0 Å². The number of allylic oxidation sites excluding steroid dienone is 1. The molecular formula is C31H38N2O. The average molecular weight is 455 g/mol. The normalized spacial score (nSPS) is 40.5. The summed E-state index contributed by atoms with van der Waals surface area (Å²) < 4.78 is 7.46. The fourth-order valence-corrected chi connectivity index (χ4v) is 9.05. The molecule has 3 nitrogen and oxygen atoms in total. The van der Waals surface area contributed by atoms with Gasteiger partial charge in [0.05, 0.1) is 11.2 Å². The van der Waals surface area contributed by atoms with Crippen LogP contribution in [0.5, 0.6) is 0 Å². The molecule has 2 saturated carbocycles. The van der Waals surface area contributed by atoms with Gasteiger partial charge in [0, 0.05) is 24.3 Å². The molecule has 1 aromatic heterocycles. The molecule has 2 aliphatic heterocycles. The summed E-state index contributed by atoms with van der Waals surface area (Å²) in [6.07, 6.45) is 19.0. The molecule has 3 aliphatic carbocycles. The number of benzene rings is 1. The number of pyridine rings is 1. The van der Waals surface area contributed by atoms with Crippen LogP contribution in [0.4, 0.5) is 0 Å². The molecule has 2 spiro atoms. The summed E-state index contributed by atoms with van der Waals surface area (Å²) in [5.41, 5.74) is 4.87. The van der Waals surface area contributed by atoms with Gasteiger partial charge < -0.3 is 9.64 Å². The summed E-state index contributed by atoms with van der Waals surface area (Å²) in [7, 11) is 4.44. The zero-order chi connectivity index (χ0) is 23.1. The van der Waals surface area contributed by atoms with E-state index in [1.54, 1.807) is 5.57 Å². The molecule has 3 unspecified atom stereocenters. The van der Waals surface area contributed by atoms with Gasteiger partial charge in [-0.05, 0) is 123 Å². The molecule has 0 N–H and O–H groups in total. The van der Waals surface area contributed by atoms with Crippen LogP contribution in [0.25, 0.3) is 10.8 Å². The van der Waals surface area contributed by atoms with E-state index in [0.717, 1.165) is 5.92 Å². The standard InChI is InChI=1S/C31H38N2O/c1-29-12-10-26-17-25-7-4-21(20-33(2)3)18-30(25)13-14-31(26,34-30)28(29)9-8-27(29)23-6-5-22-11-15-32-19-24(22)16-23/h5-6,10-11,15-17,19,21,27-28H,4,7-9,12-14,18,20H2,1-3H3/t21?,27?,28-,29?,30-,31-/m1/s1. The van der Waals surface area contributed by atoms with Crippen LogP contribution in [0.3, 0.4) is 0 Å². The van der Waals surface area contributed by atoms with Crippen LogP contribution in [-0.2, 0) is 4.74 Å². The van der Waals surface area contributed by atoms with Gasteiger partial charge in [-0.3, -0.25) is 4.98 Å². The lowest BCUT2D eigenvalue weighted by Crippen LogP contribution is -2.54. The highest BCUT2D eigenvalue weighted by atomic mass is 16.5. The minimum atomic E-state index is -0.0519. The fourth-order valence-electron chi connectivity index (χ4n) is 9.05. The number of aromatic nitrogens is 1. The summed E-state index contributed by atoms with van der Waals surface area (Å²) >= 11 is 0. The molecule has 0 radical (unpaired) electrons. The van der Waals surface area contributed by atoms with Crippen LogP contribution in [0.15, 0.2) is 60.0 Å². The maximum Gasteiger partial charge on any atom is 0.0974 e. The Bertz CT molecular complexity index is 1210. The molecule has 34 heavy (non-hydrogen) atoms. The van der Waals surface area contributed by atoms with Crippen molar-refractivity contribution in [1.29, 1.82) is 0 Å². The van der Waals surface area contributed by atoms with Gasteiger partial charge in [0.2, 0.25) is 0 Å². The van der Waals surface area contributed by atoms with Gasteiger partial charge in [0.25, 0.3) is 0 Å². The molecule has 3 fully saturated rings. The topological polar surface area (TPSA) is 25.4 Å². The summed E-state index contributed by atoms with van der Waals surface area (Å²) in [6.45, 7) is 3.77. The smallest absolute Gasteiger partial charge is 0.0974 e. The highest BCUT2D eigenvalue weighted by Crippen LogP contribution is 2.69. The number of nitrogens with zero attached hydrogens (tertiary/aromatic N) is 2. The second kappa shape index (κ2) is 7.27. The van der Waals surface area contributed by atoms with Crippen molar-refractivity contribution in [2.24, 2.45) is 17.3 Å². The third-order valence-corrected chi connectivity index (χ3v) is 10.5. The molecule has 1 saturated heterocycles. The summed E-state index contributed by atoms with van der Waals surface area (Å²) in [5.74, 6) is 1.96. The van der Waals surface area contributed by atoms with Crippen LogP contribution in [0, 0.1) is 17.3 Å². The second-order valence-electron chi connectivity index (χ2n) is 12.6. The molecule has 0 amide bonds. The number of ether oxygens (including phenoxy) is 1. The molecule has 5 aliphatic rings. The molecule has 1 aromatic carbocycles. The lowest BCUT2D eigenvalue weighted by Gasteiger charge is -2.54. The summed E-state index contributed by atoms with van der Waals surface area (Å²) in [5, 5.41) is 2.56. The van der Waals surface area contributed by atoms with Crippen LogP contribution < -0.4 is 0 Å². The quantitative estimate of drug-likeness (QED) is 0.519. The van der Waals surface area contributed by atoms with Gasteiger partial charge in [0.1, 0.15) is 0 Å². The van der Waals surface area contributed by atoms with Crippen molar-refractivity contribution in [3.8, 4) is 0 Å². The van der Waals surface area contributed by atoms with Crippen molar-refractivity contribution in [2.45, 2.75) is 75.4 Å². The predicted octanol–water partition coefficient (Wildman–Crippen LogP) is 6.65. The number of fused-ring (bicyclic) bond motifs is 2. The predicted molar refractivity (Wildman–Crippen MR) is 138 cm³/mol. The molecule has 178 valence electrons. The van der Waals surface area contributed by atoms with Crippen LogP contribution in [-0.4, -0.2) is 41.7 Å². The van der Waals surface area contributed by atoms with Crippen LogP contribution in [0.1, 0.15) is 69.8 Å². The first-order chi connectivity index (χ1) is 16.4. The van der Waals surface area contributed by atoms with E-state index in [1.165, 1.54) is 79.8 Å². The minimum absolute atomic E-state index is 0.0151. The van der Waals surface area contributed by atoms with E-state index in [2.05, 4.69) is 67.3 Å². The van der Waals surface area contributed by atoms with Crippen molar-refractivity contribution in [2.75, 3.05) is 20.6 Å². The van der Waals surface area contributed by atoms with E-state index < -0.39 is 0 Å². The maximum atomic E-state index is 7.46. The van der Waals surface area contributed by atoms with Gasteiger partial charge in [-0.25, -0.2) is 0 Å². The van der Waals surface area contributed by atoms with E-state index in [1.807, 2.05) is 12.4 Å². The van der Waals surface area contributed by atoms with Crippen molar-refractivity contribution in [1.82, 2.24) is 9.88 Å². The summed E-state index contributed by atoms with van der Waals surface area (Å²) in [4.78, 5) is 6.75. The molecule has 3 heterocycles. The largest absolute Gasteiger partial charge is 0.359 e. The fraction of sp³-hybridized carbons (Fsp3) is 0.581. The van der Waals surface area contributed by atoms with Crippen molar-refractivity contribution >= 4 is 10.8 Å². The molecular weight excluding hydrogens is 416 g/mol. The Morgan fingerprint density at radius 2 is 2.00 bits per heavy atom. The minimum Gasteiger partial charge on any atom is -0.359 e. The Hall–Kier alpha value is -1.97. The molecule has 3 heteroatoms. The van der Waals surface area contributed by atoms with Gasteiger partial charge in [-0.1, -0.05) is 31.2 Å². The Morgan fingerprint density at radius 1 is 1.09 bits per heavy atom. The number of hydrogen-bond donors (Lipinski definition) is 0. The Morgan fingerprint density at radius 3 is 2.88 bits per heavy atom. The van der Waals surface area contributed by atoms with Gasteiger partial charge in [0.15, 0.2) is 0 Å². The number of hydrogen-bond acceptors (Lipinski definition) is 3. The summed E-state index contributed by atoms with van der Waals surface area (Å²) in [6, 6.07) is 9.23. The Balaban J connectivity index is 1.25. The zero-order valence-corrected chi connectivity index (χ0v) is 21.0. The first-order valence-corrected chi connectivity index (χ1v) is 13.5. The lowest BCUT2D eigenvalue weighted by molar-refractivity contribution is -0.139. The van der Waals surface area contributed by atoms with Crippen molar-refractivity contribution in [3.05, 3.63) is 65.5 Å². The van der Waals surface area contributed by atoms with Crippen molar-refractivity contribution in [3.63, 3.8) is 0 Å². The molecule has 7 rings (SSSR count). The van der Waals surface area contributed by atoms with Gasteiger partial charge in [-0.2, -0.15) is 0 Å². The first kappa shape index (κ1) is 21.3. The van der Waals surface area contributed by atoms with Crippen LogP contribution in [0.2, 0.25) is 0 Å². The third kappa shape index (κ3) is 2.86. The third-order valence-electron chi connectivity index (χ3n) is 10.5. The molecule has 2 bridgehead atoms. The molecule has 6 atom stereocenters. The zero-order valence-electron chi connectivity index (χ0n) is 21.0.